The number of nitrogens with zero attached hydrogens (tertiary/aromatic N) is 2. The van der Waals surface area contributed by atoms with E-state index >= 15 is 0 Å². The number of anilines is 2. The first-order valence-corrected chi connectivity index (χ1v) is 7.36. The summed E-state index contributed by atoms with van der Waals surface area (Å²) >= 11 is 0. The summed E-state index contributed by atoms with van der Waals surface area (Å²) in [5.41, 5.74) is 2.66. The second kappa shape index (κ2) is 6.30. The van der Waals surface area contributed by atoms with Crippen molar-refractivity contribution in [3.05, 3.63) is 54.6 Å². The Morgan fingerprint density at radius 2 is 1.77 bits per heavy atom. The molecule has 112 valence electrons. The highest BCUT2D eigenvalue weighted by molar-refractivity contribution is 5.99. The van der Waals surface area contributed by atoms with Gasteiger partial charge in [0.1, 0.15) is 0 Å². The summed E-state index contributed by atoms with van der Waals surface area (Å²) in [7, 11) is 0. The lowest BCUT2D eigenvalue weighted by atomic mass is 10.3. The molecule has 0 unspecified atom stereocenters. The van der Waals surface area contributed by atoms with Crippen LogP contribution in [0.4, 0.5) is 16.4 Å². The number of nitrogens with one attached hydrogen (secondary N) is 2. The monoisotopic (exact) mass is 294 g/mol. The molecule has 0 aliphatic heterocycles. The Labute approximate surface area is 129 Å². The number of hydrogen-bond acceptors (Lipinski definition) is 2. The minimum Gasteiger partial charge on any atom is -0.310 e. The van der Waals surface area contributed by atoms with Gasteiger partial charge in [-0.25, -0.2) is 9.78 Å². The molecule has 2 N–H and O–H groups in total. The van der Waals surface area contributed by atoms with Crippen molar-refractivity contribution < 1.29 is 4.79 Å². The second-order valence-corrected chi connectivity index (χ2v) is 5.02. The number of aryl methyl sites for hydroxylation is 1. The number of fused-ring (bicyclic) bond motifs is 1. The molecule has 22 heavy (non-hydrogen) atoms. The molecule has 0 aliphatic carbocycles. The van der Waals surface area contributed by atoms with Crippen LogP contribution in [-0.2, 0) is 6.54 Å². The van der Waals surface area contributed by atoms with E-state index in [1.54, 1.807) is 0 Å². The highest BCUT2D eigenvalue weighted by Crippen LogP contribution is 2.20. The van der Waals surface area contributed by atoms with Crippen molar-refractivity contribution >= 4 is 28.7 Å². The number of urea groups is 1. The molecule has 0 radical (unpaired) electrons. The van der Waals surface area contributed by atoms with Gasteiger partial charge in [-0.15, -0.1) is 0 Å². The van der Waals surface area contributed by atoms with Crippen molar-refractivity contribution in [2.24, 2.45) is 0 Å². The fraction of sp³-hybridized carbons (Fsp3) is 0.176. The van der Waals surface area contributed by atoms with Crippen LogP contribution in [0.25, 0.3) is 11.0 Å². The van der Waals surface area contributed by atoms with Gasteiger partial charge in [-0.3, -0.25) is 5.32 Å². The summed E-state index contributed by atoms with van der Waals surface area (Å²) in [4.78, 5) is 16.6. The van der Waals surface area contributed by atoms with Crippen LogP contribution in [0.5, 0.6) is 0 Å². The molecule has 1 aromatic heterocycles. The zero-order valence-corrected chi connectivity index (χ0v) is 12.4. The number of imidazole rings is 1. The van der Waals surface area contributed by atoms with E-state index < -0.39 is 0 Å². The quantitative estimate of drug-likeness (QED) is 0.761. The van der Waals surface area contributed by atoms with Crippen LogP contribution >= 0.6 is 0 Å². The maximum atomic E-state index is 12.1. The number of aromatic nitrogens is 2. The SMILES string of the molecule is CCCn1c(NC(=O)Nc2ccccc2)nc2ccccc21. The van der Waals surface area contributed by atoms with Crippen LogP contribution in [0.2, 0.25) is 0 Å². The van der Waals surface area contributed by atoms with Gasteiger partial charge >= 0.3 is 6.03 Å². The summed E-state index contributed by atoms with van der Waals surface area (Å²) in [5, 5.41) is 5.64. The Kier molecular flexibility index (Phi) is 4.05. The summed E-state index contributed by atoms with van der Waals surface area (Å²) in [6.45, 7) is 2.91. The van der Waals surface area contributed by atoms with Crippen LogP contribution in [0.3, 0.4) is 0 Å². The molecule has 0 spiro atoms. The number of hydrogen-bond donors (Lipinski definition) is 2. The molecular weight excluding hydrogens is 276 g/mol. The van der Waals surface area contributed by atoms with E-state index in [-0.39, 0.29) is 6.03 Å². The van der Waals surface area contributed by atoms with E-state index in [1.807, 2.05) is 59.2 Å². The molecule has 2 aromatic carbocycles. The van der Waals surface area contributed by atoms with Gasteiger partial charge in [-0.2, -0.15) is 0 Å². The fourth-order valence-electron chi connectivity index (χ4n) is 2.41. The predicted octanol–water partition coefficient (Wildman–Crippen LogP) is 4.09. The van der Waals surface area contributed by atoms with Crippen LogP contribution in [0.1, 0.15) is 13.3 Å². The van der Waals surface area contributed by atoms with Gasteiger partial charge in [-0.1, -0.05) is 37.3 Å². The Morgan fingerprint density at radius 1 is 1.05 bits per heavy atom. The summed E-state index contributed by atoms with van der Waals surface area (Å²) in [6, 6.07) is 16.9. The predicted molar refractivity (Wildman–Crippen MR) is 89.1 cm³/mol. The van der Waals surface area contributed by atoms with Crippen molar-refractivity contribution in [2.75, 3.05) is 10.6 Å². The highest BCUT2D eigenvalue weighted by atomic mass is 16.2. The Morgan fingerprint density at radius 3 is 2.55 bits per heavy atom. The lowest BCUT2D eigenvalue weighted by molar-refractivity contribution is 0.262. The van der Waals surface area contributed by atoms with Crippen molar-refractivity contribution in [3.63, 3.8) is 0 Å². The van der Waals surface area contributed by atoms with Crippen LogP contribution in [-0.4, -0.2) is 15.6 Å². The zero-order chi connectivity index (χ0) is 15.4. The first kappa shape index (κ1) is 14.1. The minimum atomic E-state index is -0.293. The lowest BCUT2D eigenvalue weighted by Crippen LogP contribution is -2.21. The molecule has 1 heterocycles. The van der Waals surface area contributed by atoms with Crippen molar-refractivity contribution in [3.8, 4) is 0 Å². The van der Waals surface area contributed by atoms with Crippen molar-refractivity contribution in [2.45, 2.75) is 19.9 Å². The van der Waals surface area contributed by atoms with Gasteiger partial charge in [0.2, 0.25) is 5.95 Å². The Balaban J connectivity index is 1.83. The molecule has 2 amide bonds. The number of benzene rings is 2. The second-order valence-electron chi connectivity index (χ2n) is 5.02. The highest BCUT2D eigenvalue weighted by Gasteiger charge is 2.12. The average Bonchev–Trinajstić information content (AvgIpc) is 2.86. The molecule has 0 saturated heterocycles. The smallest absolute Gasteiger partial charge is 0.310 e. The van der Waals surface area contributed by atoms with E-state index in [1.165, 1.54) is 0 Å². The topological polar surface area (TPSA) is 59.0 Å². The maximum absolute atomic E-state index is 12.1. The largest absolute Gasteiger partial charge is 0.326 e. The van der Waals surface area contributed by atoms with Gasteiger partial charge in [0.05, 0.1) is 11.0 Å². The number of amides is 2. The number of carbonyl (C=O) groups excluding carboxylic acids is 1. The number of carbonyl (C=O) groups is 1. The molecule has 0 fully saturated rings. The third-order valence-electron chi connectivity index (χ3n) is 3.36. The van der Waals surface area contributed by atoms with Gasteiger partial charge in [0, 0.05) is 12.2 Å². The first-order chi connectivity index (χ1) is 10.8. The molecule has 0 aliphatic rings. The molecule has 0 saturated carbocycles. The molecule has 0 atom stereocenters. The third-order valence-corrected chi connectivity index (χ3v) is 3.36. The van der Waals surface area contributed by atoms with E-state index in [0.29, 0.717) is 5.95 Å². The third kappa shape index (κ3) is 2.93. The normalized spacial score (nSPS) is 10.6. The Hall–Kier alpha value is -2.82. The van der Waals surface area contributed by atoms with Gasteiger partial charge in [0.15, 0.2) is 0 Å². The lowest BCUT2D eigenvalue weighted by Gasteiger charge is -2.10. The van der Waals surface area contributed by atoms with Gasteiger partial charge < -0.3 is 9.88 Å². The maximum Gasteiger partial charge on any atom is 0.326 e. The number of para-hydroxylation sites is 3. The number of rotatable bonds is 4. The molecule has 5 nitrogen and oxygen atoms in total. The molecule has 5 heteroatoms. The van der Waals surface area contributed by atoms with Gasteiger partial charge in [-0.05, 0) is 30.7 Å². The molecular formula is C17H18N4O. The van der Waals surface area contributed by atoms with E-state index in [9.17, 15) is 4.79 Å². The van der Waals surface area contributed by atoms with E-state index in [2.05, 4.69) is 22.5 Å². The average molecular weight is 294 g/mol. The summed E-state index contributed by atoms with van der Waals surface area (Å²) < 4.78 is 2.03. The molecule has 3 aromatic rings. The summed E-state index contributed by atoms with van der Waals surface area (Å²) in [5.74, 6) is 0.566. The van der Waals surface area contributed by atoms with Crippen LogP contribution in [0.15, 0.2) is 54.6 Å². The van der Waals surface area contributed by atoms with E-state index in [4.69, 9.17) is 0 Å². The van der Waals surface area contributed by atoms with Gasteiger partial charge in [0.25, 0.3) is 0 Å². The fourth-order valence-corrected chi connectivity index (χ4v) is 2.41. The minimum absolute atomic E-state index is 0.293. The molecule has 0 bridgehead atoms. The Bertz CT molecular complexity index is 780. The van der Waals surface area contributed by atoms with E-state index in [0.717, 1.165) is 29.7 Å². The first-order valence-electron chi connectivity index (χ1n) is 7.36. The van der Waals surface area contributed by atoms with Crippen LogP contribution < -0.4 is 10.6 Å². The summed E-state index contributed by atoms with van der Waals surface area (Å²) in [6.07, 6.45) is 0.968. The molecule has 3 rings (SSSR count). The van der Waals surface area contributed by atoms with Crippen molar-refractivity contribution in [1.29, 1.82) is 0 Å². The van der Waals surface area contributed by atoms with Crippen molar-refractivity contribution in [1.82, 2.24) is 9.55 Å². The standard InChI is InChI=1S/C17H18N4O/c1-2-12-21-15-11-7-6-10-14(15)19-16(21)20-17(22)18-13-8-4-3-5-9-13/h3-11H,2,12H2,1H3,(H2,18,19,20,22). The zero-order valence-electron chi connectivity index (χ0n) is 12.4. The van der Waals surface area contributed by atoms with Crippen LogP contribution in [0, 0.1) is 0 Å².